The Bertz CT molecular complexity index is 1200. The molecule has 3 unspecified atom stereocenters. The number of halogens is 4. The van der Waals surface area contributed by atoms with Crippen molar-refractivity contribution in [2.75, 3.05) is 6.54 Å². The molecule has 0 bridgehead atoms. The second kappa shape index (κ2) is 9.69. The molecule has 2 aliphatic carbocycles. The van der Waals surface area contributed by atoms with Crippen molar-refractivity contribution in [1.29, 1.82) is 0 Å². The molecule has 0 aromatic heterocycles. The van der Waals surface area contributed by atoms with E-state index in [1.54, 1.807) is 6.07 Å². The molecule has 8 heteroatoms. The molecule has 3 aliphatic rings. The third-order valence-corrected chi connectivity index (χ3v) is 9.29. The minimum Gasteiger partial charge on any atom is -0.481 e. The number of carboxylic acids is 1. The monoisotopic (exact) mass is 531 g/mol. The highest BCUT2D eigenvalue weighted by Crippen LogP contribution is 2.51. The van der Waals surface area contributed by atoms with E-state index in [2.05, 4.69) is 0 Å². The molecule has 2 fully saturated rings. The van der Waals surface area contributed by atoms with Crippen LogP contribution in [0.25, 0.3) is 0 Å². The first-order chi connectivity index (χ1) is 17.9. The van der Waals surface area contributed by atoms with Crippen LogP contribution in [-0.4, -0.2) is 40.6 Å². The summed E-state index contributed by atoms with van der Waals surface area (Å²) in [6, 6.07) is 14.1. The van der Waals surface area contributed by atoms with Crippen molar-refractivity contribution in [1.82, 2.24) is 4.90 Å². The van der Waals surface area contributed by atoms with Crippen molar-refractivity contribution in [3.63, 3.8) is 0 Å². The van der Waals surface area contributed by atoms with Gasteiger partial charge < -0.3 is 10.0 Å². The average Bonchev–Trinajstić information content (AvgIpc) is 3.27. The molecule has 4 nitrogen and oxygen atoms in total. The zero-order chi connectivity index (χ0) is 27.3. The van der Waals surface area contributed by atoms with E-state index in [0.29, 0.717) is 64.8 Å². The van der Waals surface area contributed by atoms with Crippen molar-refractivity contribution < 1.29 is 32.3 Å². The van der Waals surface area contributed by atoms with Gasteiger partial charge in [-0.2, -0.15) is 13.2 Å². The molecule has 1 aliphatic heterocycles. The molecule has 0 spiro atoms. The summed E-state index contributed by atoms with van der Waals surface area (Å²) in [6.45, 7) is 1.11. The maximum atomic E-state index is 14.8. The number of aryl methyl sites for hydroxylation is 1. The van der Waals surface area contributed by atoms with E-state index in [1.807, 2.05) is 35.2 Å². The van der Waals surface area contributed by atoms with Crippen LogP contribution in [0.15, 0.2) is 48.5 Å². The van der Waals surface area contributed by atoms with E-state index in [1.165, 1.54) is 12.1 Å². The molecule has 0 radical (unpaired) electrons. The van der Waals surface area contributed by atoms with Gasteiger partial charge in [0.1, 0.15) is 0 Å². The maximum Gasteiger partial charge on any atom is 0.426 e. The number of aliphatic carboxylic acids is 1. The smallest absolute Gasteiger partial charge is 0.426 e. The fourth-order valence-electron chi connectivity index (χ4n) is 7.07. The Kier molecular flexibility index (Phi) is 6.81. The topological polar surface area (TPSA) is 57.6 Å². The van der Waals surface area contributed by atoms with Gasteiger partial charge in [-0.05, 0) is 80.5 Å². The van der Waals surface area contributed by atoms with E-state index in [9.17, 15) is 32.3 Å². The molecule has 1 heterocycles. The van der Waals surface area contributed by atoms with Gasteiger partial charge >= 0.3 is 12.1 Å². The van der Waals surface area contributed by atoms with Gasteiger partial charge in [-0.15, -0.1) is 0 Å². The van der Waals surface area contributed by atoms with Crippen molar-refractivity contribution in [2.24, 2.45) is 11.8 Å². The fourth-order valence-corrected chi connectivity index (χ4v) is 7.07. The van der Waals surface area contributed by atoms with Gasteiger partial charge in [-0.25, -0.2) is 4.39 Å². The number of nitrogens with zero attached hydrogens (tertiary/aromatic N) is 1. The Balaban J connectivity index is 1.49. The highest BCUT2D eigenvalue weighted by Gasteiger charge is 2.56. The third-order valence-electron chi connectivity index (χ3n) is 9.29. The summed E-state index contributed by atoms with van der Waals surface area (Å²) in [7, 11) is 0. The van der Waals surface area contributed by atoms with Crippen LogP contribution in [0, 0.1) is 11.8 Å². The van der Waals surface area contributed by atoms with Crippen LogP contribution in [0.5, 0.6) is 0 Å². The average molecular weight is 532 g/mol. The summed E-state index contributed by atoms with van der Waals surface area (Å²) < 4.78 is 55.2. The summed E-state index contributed by atoms with van der Waals surface area (Å²) >= 11 is 0. The number of hydrogen-bond acceptors (Lipinski definition) is 2. The van der Waals surface area contributed by atoms with Crippen LogP contribution >= 0.6 is 0 Å². The summed E-state index contributed by atoms with van der Waals surface area (Å²) in [6.07, 6.45) is -0.570. The van der Waals surface area contributed by atoms with Gasteiger partial charge in [0.05, 0.1) is 5.92 Å². The van der Waals surface area contributed by atoms with Gasteiger partial charge in [0.15, 0.2) is 0 Å². The maximum absolute atomic E-state index is 14.8. The number of benzene rings is 2. The number of amides is 1. The molecule has 2 aromatic rings. The predicted molar refractivity (Wildman–Crippen MR) is 134 cm³/mol. The van der Waals surface area contributed by atoms with E-state index >= 15 is 0 Å². The molecule has 5 rings (SSSR count). The number of carboxylic acid groups (broad SMARTS) is 1. The summed E-state index contributed by atoms with van der Waals surface area (Å²) in [5.74, 6) is -1.36. The second-order valence-electron chi connectivity index (χ2n) is 11.4. The van der Waals surface area contributed by atoms with E-state index in [-0.39, 0.29) is 17.9 Å². The minimum atomic E-state index is -5.02. The van der Waals surface area contributed by atoms with Crippen molar-refractivity contribution >= 4 is 11.9 Å². The minimum absolute atomic E-state index is 0.0576. The van der Waals surface area contributed by atoms with Crippen molar-refractivity contribution in [3.8, 4) is 0 Å². The van der Waals surface area contributed by atoms with Gasteiger partial charge in [-0.3, -0.25) is 9.59 Å². The quantitative estimate of drug-likeness (QED) is 0.458. The molecule has 1 saturated heterocycles. The first-order valence-corrected chi connectivity index (χ1v) is 13.4. The number of carbonyl (C=O) groups is 2. The Morgan fingerprint density at radius 2 is 1.63 bits per heavy atom. The lowest BCUT2D eigenvalue weighted by Gasteiger charge is -2.45. The van der Waals surface area contributed by atoms with Crippen LogP contribution in [0.4, 0.5) is 17.6 Å². The van der Waals surface area contributed by atoms with E-state index in [4.69, 9.17) is 0 Å². The molecule has 1 amide bonds. The molecule has 2 aromatic carbocycles. The Labute approximate surface area is 220 Å². The van der Waals surface area contributed by atoms with E-state index in [0.717, 1.165) is 16.7 Å². The SMILES string of the molecule is CC(F)(c1ccc2c(c1)CCC1N(C(=O)C3CCC(C(=O)O)CC3)CCC21Cc1ccccc1)C(F)(F)F. The lowest BCUT2D eigenvalue weighted by Crippen LogP contribution is -2.51. The van der Waals surface area contributed by atoms with Crippen LogP contribution in [0.3, 0.4) is 0 Å². The Hall–Kier alpha value is -2.90. The first-order valence-electron chi connectivity index (χ1n) is 13.4. The Morgan fingerprint density at radius 1 is 0.974 bits per heavy atom. The number of rotatable bonds is 5. The molecular formula is C30H33F4NO3. The van der Waals surface area contributed by atoms with Crippen LogP contribution in [0.1, 0.15) is 67.7 Å². The fraction of sp³-hybridized carbons (Fsp3) is 0.533. The number of fused-ring (bicyclic) bond motifs is 3. The van der Waals surface area contributed by atoms with Gasteiger partial charge in [0.2, 0.25) is 11.6 Å². The second-order valence-corrected chi connectivity index (χ2v) is 11.4. The molecule has 3 atom stereocenters. The van der Waals surface area contributed by atoms with Crippen LogP contribution < -0.4 is 0 Å². The molecular weight excluding hydrogens is 498 g/mol. The zero-order valence-electron chi connectivity index (χ0n) is 21.4. The Morgan fingerprint density at radius 3 is 2.26 bits per heavy atom. The summed E-state index contributed by atoms with van der Waals surface area (Å²) in [5, 5.41) is 9.33. The standard InChI is InChI=1S/C30H33F4NO3/c1-28(31,30(32,33)34)23-12-13-24-22(17-23)11-14-25-29(24,18-19-5-3-2-4-6-19)15-16-35(25)26(36)20-7-9-21(10-8-20)27(37)38/h2-6,12-13,17,20-21,25H,7-11,14-16,18H2,1H3,(H,37,38). The zero-order valence-corrected chi connectivity index (χ0v) is 21.4. The summed E-state index contributed by atoms with van der Waals surface area (Å²) in [4.78, 5) is 27.1. The largest absolute Gasteiger partial charge is 0.481 e. The highest BCUT2D eigenvalue weighted by atomic mass is 19.4. The normalized spacial score (nSPS) is 28.8. The summed E-state index contributed by atoms with van der Waals surface area (Å²) in [5.41, 5.74) is -1.61. The van der Waals surface area contributed by atoms with Crippen molar-refractivity contribution in [3.05, 3.63) is 70.8 Å². The van der Waals surface area contributed by atoms with Gasteiger partial charge in [-0.1, -0.05) is 48.5 Å². The molecule has 38 heavy (non-hydrogen) atoms. The number of likely N-dealkylation sites (tertiary alicyclic amines) is 1. The predicted octanol–water partition coefficient (Wildman–Crippen LogP) is 6.35. The lowest BCUT2D eigenvalue weighted by molar-refractivity contribution is -0.228. The van der Waals surface area contributed by atoms with Crippen molar-refractivity contribution in [2.45, 2.75) is 81.6 Å². The van der Waals surface area contributed by atoms with E-state index < -0.39 is 34.7 Å². The van der Waals surface area contributed by atoms with Gasteiger partial charge in [0, 0.05) is 23.9 Å². The molecule has 1 N–H and O–H groups in total. The first kappa shape index (κ1) is 26.7. The van der Waals surface area contributed by atoms with Crippen LogP contribution in [0.2, 0.25) is 0 Å². The molecule has 204 valence electrons. The van der Waals surface area contributed by atoms with Crippen LogP contribution in [-0.2, 0) is 33.5 Å². The number of alkyl halides is 4. The van der Waals surface area contributed by atoms with Gasteiger partial charge in [0.25, 0.3) is 0 Å². The highest BCUT2D eigenvalue weighted by molar-refractivity contribution is 5.80. The number of hydrogen-bond donors (Lipinski definition) is 1. The number of carbonyl (C=O) groups excluding carboxylic acids is 1. The lowest BCUT2D eigenvalue weighted by atomic mass is 9.63. The molecule has 1 saturated carbocycles. The third kappa shape index (κ3) is 4.50.